The number of hydrogen-bond donors (Lipinski definition) is 0. The molecule has 0 saturated carbocycles. The fourth-order valence-electron chi connectivity index (χ4n) is 2.40. The summed E-state index contributed by atoms with van der Waals surface area (Å²) >= 11 is 1.53. The molecular formula is C18H18N2OS. The van der Waals surface area contributed by atoms with E-state index >= 15 is 0 Å². The van der Waals surface area contributed by atoms with Gasteiger partial charge in [0.05, 0.1) is 0 Å². The van der Waals surface area contributed by atoms with Gasteiger partial charge in [0.15, 0.2) is 0 Å². The molecule has 0 atom stereocenters. The van der Waals surface area contributed by atoms with Crippen molar-refractivity contribution in [3.05, 3.63) is 63.1 Å². The van der Waals surface area contributed by atoms with Crippen molar-refractivity contribution < 1.29 is 4.79 Å². The number of Topliss-reactive ketones (excluding diaryl/α,β-unsaturated/α-hetero) is 1. The normalized spacial score (nSPS) is 11.3. The lowest BCUT2D eigenvalue weighted by atomic mass is 10.0. The number of rotatable bonds is 5. The van der Waals surface area contributed by atoms with Crippen LogP contribution in [-0.4, -0.2) is 10.4 Å². The Morgan fingerprint density at radius 2 is 2.18 bits per heavy atom. The molecule has 0 aromatic carbocycles. The summed E-state index contributed by atoms with van der Waals surface area (Å²) in [6, 6.07) is 5.86. The predicted molar refractivity (Wildman–Crippen MR) is 91.1 cm³/mol. The Balaban J connectivity index is 2.45. The summed E-state index contributed by atoms with van der Waals surface area (Å²) in [5, 5.41) is 11.3. The fourth-order valence-corrected chi connectivity index (χ4v) is 3.26. The molecule has 0 saturated heterocycles. The van der Waals surface area contributed by atoms with Crippen molar-refractivity contribution >= 4 is 23.2 Å². The molecule has 0 amide bonds. The van der Waals surface area contributed by atoms with Crippen molar-refractivity contribution in [1.29, 1.82) is 5.26 Å². The summed E-state index contributed by atoms with van der Waals surface area (Å²) in [6.45, 7) is 10.2. The van der Waals surface area contributed by atoms with Crippen LogP contribution in [0.4, 0.5) is 0 Å². The summed E-state index contributed by atoms with van der Waals surface area (Å²) in [5.41, 5.74) is 3.69. The highest BCUT2D eigenvalue weighted by molar-refractivity contribution is 7.11. The third-order valence-electron chi connectivity index (χ3n) is 3.67. The molecule has 22 heavy (non-hydrogen) atoms. The smallest absolute Gasteiger partial charge is 0.205 e. The average molecular weight is 310 g/mol. The van der Waals surface area contributed by atoms with Crippen LogP contribution in [0.25, 0.3) is 6.08 Å². The van der Waals surface area contributed by atoms with Crippen molar-refractivity contribution in [3.63, 3.8) is 0 Å². The van der Waals surface area contributed by atoms with Crippen LogP contribution in [0.1, 0.15) is 32.2 Å². The van der Waals surface area contributed by atoms with Gasteiger partial charge in [0.1, 0.15) is 11.6 Å². The van der Waals surface area contributed by atoms with Crippen molar-refractivity contribution in [2.45, 2.75) is 27.3 Å². The molecular weight excluding hydrogens is 292 g/mol. The summed E-state index contributed by atoms with van der Waals surface area (Å²) in [7, 11) is 0. The summed E-state index contributed by atoms with van der Waals surface area (Å²) in [6.07, 6.45) is 3.48. The van der Waals surface area contributed by atoms with Gasteiger partial charge in [-0.05, 0) is 49.9 Å². The Morgan fingerprint density at radius 1 is 1.45 bits per heavy atom. The van der Waals surface area contributed by atoms with Gasteiger partial charge < -0.3 is 4.57 Å². The quantitative estimate of drug-likeness (QED) is 0.354. The Morgan fingerprint density at radius 3 is 2.73 bits per heavy atom. The lowest BCUT2D eigenvalue weighted by Crippen LogP contribution is -2.05. The Kier molecular flexibility index (Phi) is 4.79. The molecule has 2 rings (SSSR count). The minimum absolute atomic E-state index is 0.171. The first kappa shape index (κ1) is 16.0. The number of aromatic nitrogens is 1. The van der Waals surface area contributed by atoms with E-state index in [0.29, 0.717) is 12.1 Å². The lowest BCUT2D eigenvalue weighted by Gasteiger charge is -2.06. The number of thiophene rings is 1. The number of allylic oxidation sites excluding steroid dienone is 2. The van der Waals surface area contributed by atoms with E-state index in [1.54, 1.807) is 12.2 Å². The molecule has 112 valence electrons. The Labute approximate surface area is 134 Å². The molecule has 0 unspecified atom stereocenters. The molecule has 0 spiro atoms. The standard InChI is InChI=1S/C18H18N2OS/c1-5-7-20-13(3)9-16(14(20)4)18(21)15(11-19)10-17-12(2)6-8-22-17/h5-6,8-10H,1,7H2,2-4H3/b15-10+. The highest BCUT2D eigenvalue weighted by Crippen LogP contribution is 2.23. The Bertz CT molecular complexity index is 800. The van der Waals surface area contributed by atoms with Crippen LogP contribution < -0.4 is 0 Å². The third-order valence-corrected chi connectivity index (χ3v) is 4.64. The van der Waals surface area contributed by atoms with E-state index in [4.69, 9.17) is 0 Å². The molecule has 2 heterocycles. The zero-order chi connectivity index (χ0) is 16.3. The first-order valence-corrected chi connectivity index (χ1v) is 7.85. The minimum Gasteiger partial charge on any atom is -0.345 e. The predicted octanol–water partition coefficient (Wildman–Crippen LogP) is 4.45. The second-order valence-corrected chi connectivity index (χ2v) is 6.10. The van der Waals surface area contributed by atoms with Crippen molar-refractivity contribution in [2.75, 3.05) is 0 Å². The monoisotopic (exact) mass is 310 g/mol. The van der Waals surface area contributed by atoms with E-state index in [1.807, 2.05) is 48.9 Å². The summed E-state index contributed by atoms with van der Waals surface area (Å²) in [5.74, 6) is -0.223. The molecule has 3 nitrogen and oxygen atoms in total. The highest BCUT2D eigenvalue weighted by atomic mass is 32.1. The van der Waals surface area contributed by atoms with Crippen LogP contribution in [0.3, 0.4) is 0 Å². The van der Waals surface area contributed by atoms with Crippen molar-refractivity contribution in [3.8, 4) is 6.07 Å². The van der Waals surface area contributed by atoms with Gasteiger partial charge in [0.2, 0.25) is 5.78 Å². The van der Waals surface area contributed by atoms with Crippen molar-refractivity contribution in [1.82, 2.24) is 4.57 Å². The van der Waals surface area contributed by atoms with E-state index in [9.17, 15) is 10.1 Å². The van der Waals surface area contributed by atoms with E-state index in [2.05, 4.69) is 6.58 Å². The first-order chi connectivity index (χ1) is 10.5. The van der Waals surface area contributed by atoms with Crippen LogP contribution >= 0.6 is 11.3 Å². The van der Waals surface area contributed by atoms with E-state index in [-0.39, 0.29) is 11.4 Å². The van der Waals surface area contributed by atoms with Gasteiger partial charge >= 0.3 is 0 Å². The van der Waals surface area contributed by atoms with Crippen LogP contribution in [0, 0.1) is 32.1 Å². The molecule has 2 aromatic rings. The van der Waals surface area contributed by atoms with Gasteiger partial charge in [-0.2, -0.15) is 5.26 Å². The molecule has 0 N–H and O–H groups in total. The molecule has 0 fully saturated rings. The zero-order valence-corrected chi connectivity index (χ0v) is 13.8. The molecule has 4 heteroatoms. The zero-order valence-electron chi connectivity index (χ0n) is 13.0. The number of nitriles is 1. The average Bonchev–Trinajstić information content (AvgIpc) is 3.02. The van der Waals surface area contributed by atoms with Gasteiger partial charge in [0.25, 0.3) is 0 Å². The maximum atomic E-state index is 12.7. The van der Waals surface area contributed by atoms with Gasteiger partial charge in [-0.25, -0.2) is 0 Å². The van der Waals surface area contributed by atoms with Crippen molar-refractivity contribution in [2.24, 2.45) is 0 Å². The number of aryl methyl sites for hydroxylation is 2. The Hall–Kier alpha value is -2.38. The van der Waals surface area contributed by atoms with E-state index < -0.39 is 0 Å². The SMILES string of the molecule is C=CCn1c(C)cc(C(=O)/C(C#N)=C/c2sccc2C)c1C. The minimum atomic E-state index is -0.223. The number of carbonyl (C=O) groups excluding carboxylic acids is 1. The van der Waals surface area contributed by atoms with Gasteiger partial charge in [-0.1, -0.05) is 6.08 Å². The molecule has 0 aliphatic rings. The number of hydrogen-bond acceptors (Lipinski definition) is 3. The second kappa shape index (κ2) is 6.59. The molecule has 0 bridgehead atoms. The fraction of sp³-hybridized carbons (Fsp3) is 0.222. The van der Waals surface area contributed by atoms with Crippen LogP contribution in [-0.2, 0) is 6.54 Å². The van der Waals surface area contributed by atoms with Gasteiger partial charge in [-0.15, -0.1) is 17.9 Å². The second-order valence-electron chi connectivity index (χ2n) is 5.15. The number of ketones is 1. The van der Waals surface area contributed by atoms with Crippen LogP contribution in [0.2, 0.25) is 0 Å². The molecule has 0 radical (unpaired) electrons. The maximum absolute atomic E-state index is 12.7. The van der Waals surface area contributed by atoms with Gasteiger partial charge in [0, 0.05) is 28.4 Å². The van der Waals surface area contributed by atoms with E-state index in [1.165, 1.54) is 11.3 Å². The highest BCUT2D eigenvalue weighted by Gasteiger charge is 2.19. The third kappa shape index (κ3) is 2.95. The largest absolute Gasteiger partial charge is 0.345 e. The first-order valence-electron chi connectivity index (χ1n) is 6.97. The maximum Gasteiger partial charge on any atom is 0.205 e. The molecule has 0 aliphatic heterocycles. The molecule has 2 aromatic heterocycles. The molecule has 0 aliphatic carbocycles. The summed E-state index contributed by atoms with van der Waals surface area (Å²) < 4.78 is 2.02. The topological polar surface area (TPSA) is 45.8 Å². The van der Waals surface area contributed by atoms with E-state index in [0.717, 1.165) is 21.8 Å². The lowest BCUT2D eigenvalue weighted by molar-refractivity contribution is 0.103. The summed E-state index contributed by atoms with van der Waals surface area (Å²) in [4.78, 5) is 13.6. The van der Waals surface area contributed by atoms with Crippen LogP contribution in [0.15, 0.2) is 35.7 Å². The van der Waals surface area contributed by atoms with Gasteiger partial charge in [-0.3, -0.25) is 4.79 Å². The number of carbonyl (C=O) groups is 1. The van der Waals surface area contributed by atoms with Crippen LogP contribution in [0.5, 0.6) is 0 Å². The number of nitrogens with zero attached hydrogens (tertiary/aromatic N) is 2.